The minimum Gasteiger partial charge on any atom is -0.461 e. The summed E-state index contributed by atoms with van der Waals surface area (Å²) in [6.45, 7) is 1.80. The molecule has 1 N–H and O–H groups in total. The lowest BCUT2D eigenvalue weighted by atomic mass is 9.99. The van der Waals surface area contributed by atoms with E-state index in [0.717, 1.165) is 0 Å². The first-order valence-corrected chi connectivity index (χ1v) is 4.06. The second-order valence-electron chi connectivity index (χ2n) is 3.42. The molecule has 3 atom stereocenters. The fraction of sp³-hybridized carbons (Fsp3) is 0.875. The molecule has 0 unspecified atom stereocenters. The number of hydrogen-bond acceptors (Lipinski definition) is 4. The van der Waals surface area contributed by atoms with E-state index in [9.17, 15) is 9.90 Å². The average molecular weight is 173 g/mol. The standard InChI is InChI=1S/C8H15NO3/c1-5-8(9(2)3)6(10)4-7(11)12-5/h5-6,8,10H,4H2,1-3H3/t5-,6-,8+/m0/s1. The number of likely N-dealkylation sites (N-methyl/N-ethyl adjacent to an activating group) is 1. The lowest BCUT2D eigenvalue weighted by molar-refractivity contribution is -0.167. The van der Waals surface area contributed by atoms with Gasteiger partial charge < -0.3 is 14.7 Å². The number of ether oxygens (including phenoxy) is 1. The third-order valence-corrected chi connectivity index (χ3v) is 2.16. The van der Waals surface area contributed by atoms with Crippen LogP contribution in [-0.4, -0.2) is 48.3 Å². The highest BCUT2D eigenvalue weighted by atomic mass is 16.5. The third kappa shape index (κ3) is 1.76. The highest BCUT2D eigenvalue weighted by molar-refractivity contribution is 5.71. The van der Waals surface area contributed by atoms with Crippen molar-refractivity contribution in [2.45, 2.75) is 31.6 Å². The number of aliphatic hydroxyl groups is 1. The Kier molecular flexibility index (Phi) is 2.69. The van der Waals surface area contributed by atoms with Gasteiger partial charge in [-0.3, -0.25) is 4.79 Å². The van der Waals surface area contributed by atoms with Crippen molar-refractivity contribution in [1.29, 1.82) is 0 Å². The van der Waals surface area contributed by atoms with E-state index in [1.165, 1.54) is 0 Å². The smallest absolute Gasteiger partial charge is 0.308 e. The second-order valence-corrected chi connectivity index (χ2v) is 3.42. The second kappa shape index (κ2) is 3.41. The molecule has 1 fully saturated rings. The fourth-order valence-corrected chi connectivity index (χ4v) is 1.69. The number of carbonyl (C=O) groups is 1. The van der Waals surface area contributed by atoms with Gasteiger partial charge in [-0.1, -0.05) is 0 Å². The van der Waals surface area contributed by atoms with Crippen LogP contribution in [0, 0.1) is 0 Å². The first-order valence-electron chi connectivity index (χ1n) is 4.06. The molecule has 1 saturated heterocycles. The summed E-state index contributed by atoms with van der Waals surface area (Å²) < 4.78 is 4.99. The highest BCUT2D eigenvalue weighted by Crippen LogP contribution is 2.18. The van der Waals surface area contributed by atoms with Crippen molar-refractivity contribution in [3.8, 4) is 0 Å². The van der Waals surface area contributed by atoms with Gasteiger partial charge in [-0.15, -0.1) is 0 Å². The SMILES string of the molecule is C[C@@H]1OC(=O)C[C@H](O)[C@@H]1N(C)C. The van der Waals surface area contributed by atoms with Crippen molar-refractivity contribution in [3.63, 3.8) is 0 Å². The molecule has 0 spiro atoms. The van der Waals surface area contributed by atoms with Crippen LogP contribution in [0.1, 0.15) is 13.3 Å². The van der Waals surface area contributed by atoms with Crippen LogP contribution in [0.3, 0.4) is 0 Å². The number of esters is 1. The van der Waals surface area contributed by atoms with Crippen LogP contribution in [0.25, 0.3) is 0 Å². The molecular formula is C8H15NO3. The lowest BCUT2D eigenvalue weighted by Gasteiger charge is -2.36. The van der Waals surface area contributed by atoms with Gasteiger partial charge in [0.05, 0.1) is 18.6 Å². The van der Waals surface area contributed by atoms with E-state index in [0.29, 0.717) is 0 Å². The summed E-state index contributed by atoms with van der Waals surface area (Å²) in [5.74, 6) is -0.312. The molecule has 0 radical (unpaired) electrons. The Labute approximate surface area is 72.1 Å². The molecule has 0 saturated carbocycles. The van der Waals surface area contributed by atoms with Gasteiger partial charge in [0.25, 0.3) is 0 Å². The first-order chi connectivity index (χ1) is 5.52. The molecule has 1 rings (SSSR count). The monoisotopic (exact) mass is 173 g/mol. The number of hydrogen-bond donors (Lipinski definition) is 1. The number of nitrogens with zero attached hydrogens (tertiary/aromatic N) is 1. The Hall–Kier alpha value is -0.610. The predicted molar refractivity (Wildman–Crippen MR) is 43.7 cm³/mol. The maximum Gasteiger partial charge on any atom is 0.308 e. The maximum atomic E-state index is 10.9. The molecule has 12 heavy (non-hydrogen) atoms. The Bertz CT molecular complexity index is 167. The number of rotatable bonds is 1. The molecule has 0 aliphatic carbocycles. The molecule has 0 aromatic carbocycles. The minimum atomic E-state index is -0.601. The highest BCUT2D eigenvalue weighted by Gasteiger charge is 2.36. The summed E-state index contributed by atoms with van der Waals surface area (Å²) >= 11 is 0. The van der Waals surface area contributed by atoms with E-state index >= 15 is 0 Å². The van der Waals surface area contributed by atoms with Gasteiger partial charge in [0.1, 0.15) is 6.10 Å². The van der Waals surface area contributed by atoms with Crippen molar-refractivity contribution in [2.24, 2.45) is 0 Å². The predicted octanol–water partition coefficient (Wildman–Crippen LogP) is -0.387. The van der Waals surface area contributed by atoms with E-state index in [-0.39, 0.29) is 24.5 Å². The van der Waals surface area contributed by atoms with E-state index in [2.05, 4.69) is 0 Å². The van der Waals surface area contributed by atoms with Crippen LogP contribution in [0.2, 0.25) is 0 Å². The van der Waals surface area contributed by atoms with E-state index in [4.69, 9.17) is 4.74 Å². The Morgan fingerprint density at radius 1 is 1.58 bits per heavy atom. The molecule has 0 amide bonds. The number of aliphatic hydroxyl groups excluding tert-OH is 1. The van der Waals surface area contributed by atoms with Gasteiger partial charge >= 0.3 is 5.97 Å². The van der Waals surface area contributed by atoms with Crippen LogP contribution in [0.5, 0.6) is 0 Å². The van der Waals surface area contributed by atoms with Crippen molar-refractivity contribution in [3.05, 3.63) is 0 Å². The zero-order chi connectivity index (χ0) is 9.30. The van der Waals surface area contributed by atoms with Crippen molar-refractivity contribution >= 4 is 5.97 Å². The third-order valence-electron chi connectivity index (χ3n) is 2.16. The van der Waals surface area contributed by atoms with E-state index in [1.54, 1.807) is 6.92 Å². The topological polar surface area (TPSA) is 49.8 Å². The summed E-state index contributed by atoms with van der Waals surface area (Å²) in [5, 5.41) is 9.54. The first kappa shape index (κ1) is 9.48. The van der Waals surface area contributed by atoms with Crippen molar-refractivity contribution in [2.75, 3.05) is 14.1 Å². The van der Waals surface area contributed by atoms with Gasteiger partial charge in [-0.2, -0.15) is 0 Å². The normalized spacial score (nSPS) is 36.8. The molecule has 0 aromatic rings. The Balaban J connectivity index is 2.66. The summed E-state index contributed by atoms with van der Waals surface area (Å²) in [6.07, 6.45) is -0.722. The molecule has 4 nitrogen and oxygen atoms in total. The van der Waals surface area contributed by atoms with Crippen molar-refractivity contribution in [1.82, 2.24) is 4.90 Å². The van der Waals surface area contributed by atoms with Crippen LogP contribution in [-0.2, 0) is 9.53 Å². The average Bonchev–Trinajstić information content (AvgIpc) is 1.82. The fourth-order valence-electron chi connectivity index (χ4n) is 1.69. The van der Waals surface area contributed by atoms with Gasteiger partial charge in [0.2, 0.25) is 0 Å². The van der Waals surface area contributed by atoms with Gasteiger partial charge in [0, 0.05) is 0 Å². The van der Waals surface area contributed by atoms with Crippen LogP contribution < -0.4 is 0 Å². The molecule has 1 aliphatic rings. The summed E-state index contributed by atoms with van der Waals surface area (Å²) in [7, 11) is 3.73. The van der Waals surface area contributed by atoms with Gasteiger partial charge in [0.15, 0.2) is 0 Å². The number of cyclic esters (lactones) is 1. The quantitative estimate of drug-likeness (QED) is 0.549. The van der Waals surface area contributed by atoms with Crippen LogP contribution in [0.4, 0.5) is 0 Å². The largest absolute Gasteiger partial charge is 0.461 e. The van der Waals surface area contributed by atoms with Gasteiger partial charge in [-0.05, 0) is 21.0 Å². The zero-order valence-electron chi connectivity index (χ0n) is 7.65. The lowest BCUT2D eigenvalue weighted by Crippen LogP contribution is -2.52. The molecule has 1 aliphatic heterocycles. The molecule has 0 bridgehead atoms. The van der Waals surface area contributed by atoms with Crippen molar-refractivity contribution < 1.29 is 14.6 Å². The zero-order valence-corrected chi connectivity index (χ0v) is 7.65. The van der Waals surface area contributed by atoms with Gasteiger partial charge in [-0.25, -0.2) is 0 Å². The molecule has 70 valence electrons. The molecular weight excluding hydrogens is 158 g/mol. The minimum absolute atomic E-state index is 0.0808. The summed E-state index contributed by atoms with van der Waals surface area (Å²) in [5.41, 5.74) is 0. The number of carbonyl (C=O) groups excluding carboxylic acids is 1. The molecule has 1 heterocycles. The molecule has 4 heteroatoms. The van der Waals surface area contributed by atoms with E-state index < -0.39 is 6.10 Å². The maximum absolute atomic E-state index is 10.9. The summed E-state index contributed by atoms with van der Waals surface area (Å²) in [6, 6.07) is -0.0808. The Morgan fingerprint density at radius 2 is 2.17 bits per heavy atom. The van der Waals surface area contributed by atoms with Crippen LogP contribution >= 0.6 is 0 Å². The molecule has 0 aromatic heterocycles. The van der Waals surface area contributed by atoms with E-state index in [1.807, 2.05) is 19.0 Å². The summed E-state index contributed by atoms with van der Waals surface area (Å²) in [4.78, 5) is 12.7. The van der Waals surface area contributed by atoms with Crippen LogP contribution in [0.15, 0.2) is 0 Å². The Morgan fingerprint density at radius 3 is 2.58 bits per heavy atom.